The first-order chi connectivity index (χ1) is 16.0. The lowest BCUT2D eigenvalue weighted by Gasteiger charge is -2.31. The molecule has 0 spiro atoms. The number of carbonyl (C=O) groups is 4. The predicted molar refractivity (Wildman–Crippen MR) is 119 cm³/mol. The van der Waals surface area contributed by atoms with Crippen LogP contribution in [0.5, 0.6) is 0 Å². The van der Waals surface area contributed by atoms with Crippen molar-refractivity contribution in [2.45, 2.75) is 63.5 Å². The highest BCUT2D eigenvalue weighted by Crippen LogP contribution is 2.34. The number of fused-ring (bicyclic) bond motifs is 1. The van der Waals surface area contributed by atoms with Gasteiger partial charge in [0.2, 0.25) is 12.3 Å². The summed E-state index contributed by atoms with van der Waals surface area (Å²) in [6, 6.07) is 6.69. The number of hydrogen-bond donors (Lipinski definition) is 3. The van der Waals surface area contributed by atoms with Crippen LogP contribution in [-0.2, 0) is 27.2 Å². The molecule has 4 rings (SSSR count). The van der Waals surface area contributed by atoms with E-state index in [1.807, 2.05) is 24.3 Å². The van der Waals surface area contributed by atoms with Crippen molar-refractivity contribution < 1.29 is 24.4 Å². The van der Waals surface area contributed by atoms with E-state index in [1.165, 1.54) is 16.0 Å². The van der Waals surface area contributed by atoms with Gasteiger partial charge < -0.3 is 10.2 Å². The van der Waals surface area contributed by atoms with E-state index >= 15 is 0 Å². The van der Waals surface area contributed by atoms with Crippen LogP contribution in [0.15, 0.2) is 24.3 Å². The maximum absolute atomic E-state index is 13.4. The van der Waals surface area contributed by atoms with Crippen LogP contribution in [0, 0.1) is 11.8 Å². The number of benzene rings is 1. The summed E-state index contributed by atoms with van der Waals surface area (Å²) in [4.78, 5) is 51.3. The molecule has 3 aliphatic rings. The average Bonchev–Trinajstić information content (AvgIpc) is 3.56. The van der Waals surface area contributed by atoms with Gasteiger partial charge in [0.25, 0.3) is 5.91 Å². The summed E-state index contributed by atoms with van der Waals surface area (Å²) in [7, 11) is 0. The lowest BCUT2D eigenvalue weighted by Crippen LogP contribution is -2.53. The zero-order chi connectivity index (χ0) is 23.4. The maximum atomic E-state index is 13.4. The van der Waals surface area contributed by atoms with Crippen molar-refractivity contribution in [1.29, 1.82) is 0 Å². The van der Waals surface area contributed by atoms with Crippen LogP contribution in [0.1, 0.15) is 49.7 Å². The van der Waals surface area contributed by atoms with Crippen LogP contribution in [0.25, 0.3) is 0 Å². The molecule has 0 bridgehead atoms. The lowest BCUT2D eigenvalue weighted by atomic mass is 9.89. The maximum Gasteiger partial charge on any atom is 0.321 e. The Hall–Kier alpha value is -2.94. The predicted octanol–water partition coefficient (Wildman–Crippen LogP) is 1.62. The smallest absolute Gasteiger partial charge is 0.321 e. The Morgan fingerprint density at radius 1 is 1.09 bits per heavy atom. The first-order valence-corrected chi connectivity index (χ1v) is 11.9. The molecule has 1 heterocycles. The molecule has 9 heteroatoms. The van der Waals surface area contributed by atoms with Crippen LogP contribution in [0.3, 0.4) is 0 Å². The summed E-state index contributed by atoms with van der Waals surface area (Å²) < 4.78 is 0. The third kappa shape index (κ3) is 5.35. The van der Waals surface area contributed by atoms with Crippen LogP contribution >= 0.6 is 0 Å². The fourth-order valence-corrected chi connectivity index (χ4v) is 5.63. The molecule has 1 aliphatic heterocycles. The van der Waals surface area contributed by atoms with Crippen molar-refractivity contribution in [3.05, 3.63) is 35.4 Å². The van der Waals surface area contributed by atoms with Gasteiger partial charge in [-0.1, -0.05) is 37.1 Å². The summed E-state index contributed by atoms with van der Waals surface area (Å²) in [5, 5.41) is 15.5. The summed E-state index contributed by atoms with van der Waals surface area (Å²) in [6.07, 6.45) is 6.64. The molecule has 1 aromatic rings. The highest BCUT2D eigenvalue weighted by atomic mass is 16.5. The largest absolute Gasteiger partial charge is 0.334 e. The molecule has 1 aromatic carbocycles. The number of urea groups is 1. The van der Waals surface area contributed by atoms with E-state index in [0.717, 1.165) is 38.5 Å². The van der Waals surface area contributed by atoms with Crippen molar-refractivity contribution >= 4 is 24.3 Å². The molecule has 9 nitrogen and oxygen atoms in total. The van der Waals surface area contributed by atoms with Crippen LogP contribution in [0.4, 0.5) is 4.79 Å². The fraction of sp³-hybridized carbons (Fsp3) is 0.583. The van der Waals surface area contributed by atoms with Gasteiger partial charge in [-0.25, -0.2) is 9.86 Å². The van der Waals surface area contributed by atoms with Gasteiger partial charge >= 0.3 is 6.03 Å². The number of rotatable bonds is 7. The molecular weight excluding hydrogens is 424 g/mol. The van der Waals surface area contributed by atoms with Crippen molar-refractivity contribution in [2.24, 2.45) is 11.8 Å². The molecule has 1 saturated heterocycles. The first-order valence-electron chi connectivity index (χ1n) is 11.9. The van der Waals surface area contributed by atoms with E-state index in [-0.39, 0.29) is 24.4 Å². The number of nitrogens with one attached hydrogen (secondary N) is 2. The van der Waals surface area contributed by atoms with E-state index in [9.17, 15) is 24.4 Å². The Bertz CT molecular complexity index is 876. The molecule has 1 unspecified atom stereocenters. The molecule has 3 N–H and O–H groups in total. The molecule has 2 fully saturated rings. The highest BCUT2D eigenvalue weighted by molar-refractivity contribution is 5.99. The zero-order valence-electron chi connectivity index (χ0n) is 18.7. The van der Waals surface area contributed by atoms with E-state index in [2.05, 4.69) is 10.6 Å². The van der Waals surface area contributed by atoms with Gasteiger partial charge in [-0.2, -0.15) is 0 Å². The van der Waals surface area contributed by atoms with E-state index in [4.69, 9.17) is 0 Å². The number of likely N-dealkylation sites (tertiary alicyclic amines) is 1. The minimum atomic E-state index is -0.726. The number of hydroxylamine groups is 2. The summed E-state index contributed by atoms with van der Waals surface area (Å²) in [5.41, 5.74) is 2.40. The molecule has 33 heavy (non-hydrogen) atoms. The minimum Gasteiger partial charge on any atom is -0.334 e. The van der Waals surface area contributed by atoms with Gasteiger partial charge in [0.1, 0.15) is 6.04 Å². The molecule has 2 atom stereocenters. The van der Waals surface area contributed by atoms with Gasteiger partial charge in [-0.3, -0.25) is 24.9 Å². The van der Waals surface area contributed by atoms with Crippen molar-refractivity contribution in [3.63, 3.8) is 0 Å². The van der Waals surface area contributed by atoms with Gasteiger partial charge in [0, 0.05) is 12.6 Å². The highest BCUT2D eigenvalue weighted by Gasteiger charge is 2.41. The van der Waals surface area contributed by atoms with Crippen LogP contribution in [0.2, 0.25) is 0 Å². The number of hydrogen-bond acceptors (Lipinski definition) is 5. The Morgan fingerprint density at radius 2 is 1.76 bits per heavy atom. The third-order valence-corrected chi connectivity index (χ3v) is 7.25. The van der Waals surface area contributed by atoms with Gasteiger partial charge in [-0.05, 0) is 55.6 Å². The second-order valence-electron chi connectivity index (χ2n) is 9.40. The van der Waals surface area contributed by atoms with Crippen LogP contribution in [-0.4, -0.2) is 64.6 Å². The second-order valence-corrected chi connectivity index (χ2v) is 9.40. The quantitative estimate of drug-likeness (QED) is 0.327. The monoisotopic (exact) mass is 456 g/mol. The average molecular weight is 457 g/mol. The molecular formula is C24H32N4O5. The lowest BCUT2D eigenvalue weighted by molar-refractivity contribution is -0.159. The van der Waals surface area contributed by atoms with E-state index in [1.54, 1.807) is 0 Å². The third-order valence-electron chi connectivity index (χ3n) is 7.25. The molecule has 1 saturated carbocycles. The summed E-state index contributed by atoms with van der Waals surface area (Å²) in [6.45, 7) is 0.340. The van der Waals surface area contributed by atoms with Crippen molar-refractivity contribution in [2.75, 3.05) is 13.1 Å². The summed E-state index contributed by atoms with van der Waals surface area (Å²) in [5.74, 6) is -1.20. The Labute approximate surface area is 193 Å². The van der Waals surface area contributed by atoms with E-state index < -0.39 is 23.9 Å². The molecule has 5 amide bonds. The molecule has 2 aliphatic carbocycles. The number of amides is 5. The number of imide groups is 1. The Balaban J connectivity index is 1.35. The molecule has 0 aromatic heterocycles. The zero-order valence-corrected chi connectivity index (χ0v) is 18.7. The first kappa shape index (κ1) is 23.2. The van der Waals surface area contributed by atoms with Crippen molar-refractivity contribution in [1.82, 2.24) is 20.6 Å². The van der Waals surface area contributed by atoms with Gasteiger partial charge in [0.15, 0.2) is 0 Å². The summed E-state index contributed by atoms with van der Waals surface area (Å²) >= 11 is 0. The van der Waals surface area contributed by atoms with Gasteiger partial charge in [-0.15, -0.1) is 0 Å². The fourth-order valence-electron chi connectivity index (χ4n) is 5.63. The SMILES string of the molecule is O=CN(O)CC(C(=O)N1CCC[C@H]1C(=O)NC(=O)NC1Cc2ccccc2C1)C1CCCC1. The minimum absolute atomic E-state index is 0.0675. The topological polar surface area (TPSA) is 119 Å². The standard InChI is InChI=1S/C24H32N4O5/c29-15-27(33)14-20(16-6-1-2-7-16)23(31)28-11-5-10-21(28)22(30)26-24(32)25-19-12-17-8-3-4-9-18(17)13-19/h3-4,8-9,15-16,19-21,33H,1-2,5-7,10-14H2,(H2,25,26,30,32)/t20?,21-/m0/s1. The normalized spacial score (nSPS) is 21.5. The van der Waals surface area contributed by atoms with E-state index in [0.29, 0.717) is 30.9 Å². The Kier molecular flexibility index (Phi) is 7.27. The molecule has 0 radical (unpaired) electrons. The van der Waals surface area contributed by atoms with Crippen molar-refractivity contribution in [3.8, 4) is 0 Å². The Morgan fingerprint density at radius 3 is 2.39 bits per heavy atom. The number of nitrogens with zero attached hydrogens (tertiary/aromatic N) is 2. The van der Waals surface area contributed by atoms with Gasteiger partial charge in [0.05, 0.1) is 12.5 Å². The van der Waals surface area contributed by atoms with Crippen LogP contribution < -0.4 is 10.6 Å². The number of carbonyl (C=O) groups excluding carboxylic acids is 4. The second kappa shape index (κ2) is 10.3. The molecule has 178 valence electrons.